The molecular formula is C14H7Cl3O5. The lowest BCUT2D eigenvalue weighted by Gasteiger charge is -2.11. The molecule has 0 aliphatic carbocycles. The van der Waals surface area contributed by atoms with Crippen molar-refractivity contribution in [2.45, 2.75) is 6.92 Å². The Bertz CT molecular complexity index is 1020. The van der Waals surface area contributed by atoms with Gasteiger partial charge in [-0.2, -0.15) is 0 Å². The van der Waals surface area contributed by atoms with E-state index in [0.29, 0.717) is 0 Å². The highest BCUT2D eigenvalue weighted by Gasteiger charge is 2.24. The molecule has 0 saturated carbocycles. The lowest BCUT2D eigenvalue weighted by molar-refractivity contribution is 0.453. The highest BCUT2D eigenvalue weighted by atomic mass is 35.5. The van der Waals surface area contributed by atoms with E-state index in [-0.39, 0.29) is 43.3 Å². The van der Waals surface area contributed by atoms with Crippen LogP contribution < -0.4 is 5.43 Å². The lowest BCUT2D eigenvalue weighted by Crippen LogP contribution is -2.05. The summed E-state index contributed by atoms with van der Waals surface area (Å²) < 4.78 is 5.46. The molecular weight excluding hydrogens is 355 g/mol. The minimum absolute atomic E-state index is 0.00499. The van der Waals surface area contributed by atoms with Crippen LogP contribution in [0.15, 0.2) is 15.3 Å². The Morgan fingerprint density at radius 1 is 0.955 bits per heavy atom. The maximum absolute atomic E-state index is 12.6. The molecule has 3 rings (SSSR count). The van der Waals surface area contributed by atoms with Gasteiger partial charge >= 0.3 is 0 Å². The third kappa shape index (κ3) is 1.83. The van der Waals surface area contributed by atoms with Gasteiger partial charge in [-0.15, -0.1) is 0 Å². The van der Waals surface area contributed by atoms with Crippen LogP contribution in [-0.2, 0) is 0 Å². The number of benzene rings is 2. The first-order valence-electron chi connectivity index (χ1n) is 5.93. The molecule has 114 valence electrons. The van der Waals surface area contributed by atoms with Crippen molar-refractivity contribution in [3.8, 4) is 17.2 Å². The molecule has 0 aliphatic rings. The first-order valence-corrected chi connectivity index (χ1v) is 7.06. The van der Waals surface area contributed by atoms with E-state index in [1.807, 2.05) is 0 Å². The van der Waals surface area contributed by atoms with E-state index < -0.39 is 22.0 Å². The van der Waals surface area contributed by atoms with Gasteiger partial charge in [-0.3, -0.25) is 4.79 Å². The molecule has 0 saturated heterocycles. The van der Waals surface area contributed by atoms with Gasteiger partial charge < -0.3 is 19.7 Å². The number of hydrogen-bond donors (Lipinski definition) is 3. The summed E-state index contributed by atoms with van der Waals surface area (Å²) in [6, 6.07) is 1.16. The van der Waals surface area contributed by atoms with Crippen molar-refractivity contribution in [2.24, 2.45) is 0 Å². The molecule has 0 fully saturated rings. The van der Waals surface area contributed by atoms with Crippen LogP contribution in [0.1, 0.15) is 5.56 Å². The molecule has 1 aromatic heterocycles. The van der Waals surface area contributed by atoms with Gasteiger partial charge in [0, 0.05) is 6.07 Å². The maximum Gasteiger partial charge on any atom is 0.204 e. The smallest absolute Gasteiger partial charge is 0.204 e. The standard InChI is InChI=1S/C14H7Cl3O5/c1-3-6-5(2-4(18)8(3)15)22-14-7(11(6)19)12(20)9(16)13(21)10(14)17/h2,18,20-21H,1H3. The molecule has 0 bridgehead atoms. The van der Waals surface area contributed by atoms with Crippen LogP contribution in [0.25, 0.3) is 21.9 Å². The molecule has 0 atom stereocenters. The van der Waals surface area contributed by atoms with Gasteiger partial charge in [-0.25, -0.2) is 0 Å². The van der Waals surface area contributed by atoms with Crippen LogP contribution in [0.4, 0.5) is 0 Å². The first kappa shape index (κ1) is 15.1. The van der Waals surface area contributed by atoms with E-state index in [2.05, 4.69) is 0 Å². The van der Waals surface area contributed by atoms with E-state index in [1.165, 1.54) is 6.92 Å². The Hall–Kier alpha value is -1.82. The second-order valence-electron chi connectivity index (χ2n) is 4.67. The van der Waals surface area contributed by atoms with Gasteiger partial charge in [-0.05, 0) is 12.5 Å². The fourth-order valence-corrected chi connectivity index (χ4v) is 2.91. The van der Waals surface area contributed by atoms with Gasteiger partial charge in [-0.1, -0.05) is 34.8 Å². The Kier molecular flexibility index (Phi) is 3.32. The number of fused-ring (bicyclic) bond motifs is 2. The summed E-state index contributed by atoms with van der Waals surface area (Å²) in [6.45, 7) is 1.52. The molecule has 0 amide bonds. The zero-order valence-corrected chi connectivity index (χ0v) is 13.1. The van der Waals surface area contributed by atoms with Crippen LogP contribution in [0.5, 0.6) is 17.2 Å². The van der Waals surface area contributed by atoms with E-state index in [1.54, 1.807) is 0 Å². The Morgan fingerprint density at radius 2 is 1.59 bits per heavy atom. The average Bonchev–Trinajstić information content (AvgIpc) is 2.48. The Morgan fingerprint density at radius 3 is 2.23 bits per heavy atom. The molecule has 3 N–H and O–H groups in total. The van der Waals surface area contributed by atoms with Crippen molar-refractivity contribution in [3.05, 3.63) is 36.9 Å². The monoisotopic (exact) mass is 360 g/mol. The summed E-state index contributed by atoms with van der Waals surface area (Å²) in [5.74, 6) is -1.52. The Balaban J connectivity index is 2.72. The SMILES string of the molecule is Cc1c(Cl)c(O)cc2oc3c(Cl)c(O)c(Cl)c(O)c3c(=O)c12. The number of hydrogen-bond acceptors (Lipinski definition) is 5. The third-order valence-corrected chi connectivity index (χ3v) is 4.58. The fraction of sp³-hybridized carbons (Fsp3) is 0.0714. The number of halogens is 3. The quantitative estimate of drug-likeness (QED) is 0.518. The van der Waals surface area contributed by atoms with Crippen LogP contribution in [0.3, 0.4) is 0 Å². The minimum atomic E-state index is -0.641. The van der Waals surface area contributed by atoms with E-state index >= 15 is 0 Å². The molecule has 22 heavy (non-hydrogen) atoms. The normalized spacial score (nSPS) is 11.5. The van der Waals surface area contributed by atoms with Crippen LogP contribution in [0.2, 0.25) is 15.1 Å². The van der Waals surface area contributed by atoms with Crippen LogP contribution in [-0.4, -0.2) is 15.3 Å². The molecule has 0 spiro atoms. The van der Waals surface area contributed by atoms with Crippen LogP contribution >= 0.6 is 34.8 Å². The molecule has 1 heterocycles. The second kappa shape index (κ2) is 4.84. The molecule has 0 aliphatic heterocycles. The van der Waals surface area contributed by atoms with Crippen LogP contribution in [0, 0.1) is 6.92 Å². The summed E-state index contributed by atoms with van der Waals surface area (Å²) in [5.41, 5.74) is -0.566. The van der Waals surface area contributed by atoms with Crippen molar-refractivity contribution < 1.29 is 19.7 Å². The van der Waals surface area contributed by atoms with Crippen molar-refractivity contribution >= 4 is 56.7 Å². The first-order chi connectivity index (χ1) is 10.3. The van der Waals surface area contributed by atoms with Crippen molar-refractivity contribution in [1.82, 2.24) is 0 Å². The van der Waals surface area contributed by atoms with Crippen molar-refractivity contribution in [3.63, 3.8) is 0 Å². The highest BCUT2D eigenvalue weighted by molar-refractivity contribution is 6.42. The Labute approximate surface area is 137 Å². The number of phenols is 3. The summed E-state index contributed by atoms with van der Waals surface area (Å²) >= 11 is 17.6. The van der Waals surface area contributed by atoms with Crippen molar-refractivity contribution in [1.29, 1.82) is 0 Å². The summed E-state index contributed by atoms with van der Waals surface area (Å²) in [4.78, 5) is 12.6. The minimum Gasteiger partial charge on any atom is -0.506 e. The fourth-order valence-electron chi connectivity index (χ4n) is 2.29. The zero-order chi connectivity index (χ0) is 16.3. The lowest BCUT2D eigenvalue weighted by atomic mass is 10.1. The van der Waals surface area contributed by atoms with Crippen molar-refractivity contribution in [2.75, 3.05) is 0 Å². The number of phenolic OH excluding ortho intramolecular Hbond substituents is 3. The topological polar surface area (TPSA) is 90.9 Å². The molecule has 0 radical (unpaired) electrons. The predicted molar refractivity (Wildman–Crippen MR) is 84.8 cm³/mol. The van der Waals surface area contributed by atoms with Gasteiger partial charge in [0.15, 0.2) is 17.1 Å². The zero-order valence-electron chi connectivity index (χ0n) is 10.9. The molecule has 5 nitrogen and oxygen atoms in total. The molecule has 3 aromatic rings. The van der Waals surface area contributed by atoms with Gasteiger partial charge in [0.25, 0.3) is 0 Å². The average molecular weight is 362 g/mol. The third-order valence-electron chi connectivity index (χ3n) is 3.40. The summed E-state index contributed by atoms with van der Waals surface area (Å²) in [5, 5.41) is 28.5. The largest absolute Gasteiger partial charge is 0.506 e. The summed E-state index contributed by atoms with van der Waals surface area (Å²) in [6.07, 6.45) is 0. The summed E-state index contributed by atoms with van der Waals surface area (Å²) in [7, 11) is 0. The number of aryl methyl sites for hydroxylation is 1. The van der Waals surface area contributed by atoms with Gasteiger partial charge in [0.2, 0.25) is 5.43 Å². The number of aromatic hydroxyl groups is 3. The molecule has 0 unspecified atom stereocenters. The molecule has 2 aromatic carbocycles. The maximum atomic E-state index is 12.6. The molecule has 8 heteroatoms. The highest BCUT2D eigenvalue weighted by Crippen LogP contribution is 2.45. The van der Waals surface area contributed by atoms with Gasteiger partial charge in [0.05, 0.1) is 10.4 Å². The van der Waals surface area contributed by atoms with E-state index in [0.717, 1.165) is 6.07 Å². The van der Waals surface area contributed by atoms with E-state index in [4.69, 9.17) is 39.2 Å². The number of rotatable bonds is 0. The van der Waals surface area contributed by atoms with Gasteiger partial charge in [0.1, 0.15) is 26.8 Å². The second-order valence-corrected chi connectivity index (χ2v) is 5.80. The predicted octanol–water partition coefficient (Wildman–Crippen LogP) is 4.33. The van der Waals surface area contributed by atoms with E-state index in [9.17, 15) is 20.1 Å².